The number of primary amides is 1. The number of hydrogen-bond donors (Lipinski definition) is 5. The lowest BCUT2D eigenvalue weighted by Gasteiger charge is -2.52. The molecule has 5 rings (SSSR count). The van der Waals surface area contributed by atoms with Crippen LogP contribution in [-0.4, -0.2) is 69.3 Å². The number of phenols is 1. The van der Waals surface area contributed by atoms with E-state index in [2.05, 4.69) is 5.32 Å². The second-order valence-corrected chi connectivity index (χ2v) is 13.7. The molecule has 14 heteroatoms. The zero-order valence-corrected chi connectivity index (χ0v) is 25.7. The quantitative estimate of drug-likeness (QED) is 0.151. The van der Waals surface area contributed by atoms with E-state index in [0.29, 0.717) is 5.56 Å². The third-order valence-electron chi connectivity index (χ3n) is 9.20. The molecule has 0 saturated heterocycles. The molecule has 2 aromatic carbocycles. The maximum atomic E-state index is 14.1. The molecule has 8 atom stereocenters. The minimum absolute atomic E-state index is 0.0465. The molecule has 0 bridgehead atoms. The summed E-state index contributed by atoms with van der Waals surface area (Å²) < 4.78 is 25.1. The van der Waals surface area contributed by atoms with Gasteiger partial charge in [0.25, 0.3) is 0 Å². The molecule has 0 aromatic heterocycles. The van der Waals surface area contributed by atoms with E-state index in [4.69, 9.17) is 14.8 Å². The molecular formula is C31H35N2O11P. The predicted octanol–water partition coefficient (Wildman–Crippen LogP) is 2.24. The standard InChI is InChI=1S/C31H35N2O11P/c1-4-43-45(42,44-5-2)30(15-9-7-6-8-10-15)33-18-12-11-16-14(3)20-23(26(37)21(16)25(18)36)28(39)31(41)17(24(20)35)13-19(34)22(27(31)38)29(32)40/h6-12,14,17,20,22-24,30,33,35-36,41H,4-5,13H2,1-3H3,(H2,32,40)/t14-,17+,20+,22?,23?,24+,30?,31+/m0/s1. The second kappa shape index (κ2) is 11.9. The van der Waals surface area contributed by atoms with E-state index in [9.17, 15) is 43.9 Å². The Bertz CT molecular complexity index is 1620. The van der Waals surface area contributed by atoms with E-state index in [1.807, 2.05) is 0 Å². The molecule has 3 unspecified atom stereocenters. The molecule has 240 valence electrons. The Hall–Kier alpha value is -3.74. The fraction of sp³-hybridized carbons (Fsp3) is 0.452. The Morgan fingerprint density at radius 2 is 1.69 bits per heavy atom. The van der Waals surface area contributed by atoms with Crippen molar-refractivity contribution in [2.45, 2.75) is 50.6 Å². The molecule has 6 N–H and O–H groups in total. The van der Waals surface area contributed by atoms with E-state index in [1.54, 1.807) is 51.1 Å². The van der Waals surface area contributed by atoms with E-state index < -0.39 is 95.9 Å². The lowest BCUT2D eigenvalue weighted by molar-refractivity contribution is -0.189. The third kappa shape index (κ3) is 4.94. The smallest absolute Gasteiger partial charge is 0.357 e. The maximum Gasteiger partial charge on any atom is 0.357 e. The predicted molar refractivity (Wildman–Crippen MR) is 158 cm³/mol. The van der Waals surface area contributed by atoms with E-state index in [0.717, 1.165) is 0 Å². The Morgan fingerprint density at radius 1 is 1.07 bits per heavy atom. The van der Waals surface area contributed by atoms with Crippen LogP contribution in [0.5, 0.6) is 5.75 Å². The number of rotatable bonds is 9. The molecule has 13 nitrogen and oxygen atoms in total. The highest BCUT2D eigenvalue weighted by atomic mass is 31.2. The molecule has 3 aliphatic rings. The van der Waals surface area contributed by atoms with Gasteiger partial charge in [-0.05, 0) is 37.0 Å². The molecular weight excluding hydrogens is 607 g/mol. The molecule has 0 spiro atoms. The fourth-order valence-corrected chi connectivity index (χ4v) is 9.07. The lowest BCUT2D eigenvalue weighted by Crippen LogP contribution is -2.72. The first-order valence-corrected chi connectivity index (χ1v) is 16.3. The fourth-order valence-electron chi connectivity index (χ4n) is 7.15. The average molecular weight is 643 g/mol. The van der Waals surface area contributed by atoms with Crippen molar-refractivity contribution in [2.75, 3.05) is 18.5 Å². The number of hydrogen-bond acceptors (Lipinski definition) is 12. The summed E-state index contributed by atoms with van der Waals surface area (Å²) >= 11 is 0. The average Bonchev–Trinajstić information content (AvgIpc) is 2.99. The molecule has 1 amide bonds. The molecule has 2 aromatic rings. The van der Waals surface area contributed by atoms with Gasteiger partial charge in [-0.25, -0.2) is 0 Å². The van der Waals surface area contributed by atoms with Crippen molar-refractivity contribution in [2.24, 2.45) is 29.4 Å². The highest BCUT2D eigenvalue weighted by molar-refractivity contribution is 7.54. The van der Waals surface area contributed by atoms with Gasteiger partial charge in [0.05, 0.1) is 36.5 Å². The second-order valence-electron chi connectivity index (χ2n) is 11.6. The van der Waals surface area contributed by atoms with Crippen LogP contribution in [0.4, 0.5) is 5.69 Å². The number of benzene rings is 2. The van der Waals surface area contributed by atoms with E-state index in [-0.39, 0.29) is 30.0 Å². The Morgan fingerprint density at radius 3 is 2.27 bits per heavy atom. The maximum absolute atomic E-state index is 14.1. The molecule has 0 aliphatic heterocycles. The summed E-state index contributed by atoms with van der Waals surface area (Å²) in [6, 6.07) is 11.5. The number of carbonyl (C=O) groups is 5. The van der Waals surface area contributed by atoms with Crippen molar-refractivity contribution in [1.82, 2.24) is 0 Å². The van der Waals surface area contributed by atoms with Crippen LogP contribution in [0, 0.1) is 23.7 Å². The Labute approximate surface area is 258 Å². The highest BCUT2D eigenvalue weighted by Gasteiger charge is 2.70. The zero-order valence-electron chi connectivity index (χ0n) is 24.8. The van der Waals surface area contributed by atoms with Crippen molar-refractivity contribution < 1.29 is 52.9 Å². The van der Waals surface area contributed by atoms with E-state index in [1.165, 1.54) is 12.1 Å². The monoisotopic (exact) mass is 642 g/mol. The van der Waals surface area contributed by atoms with Gasteiger partial charge in [0, 0.05) is 18.3 Å². The molecule has 0 heterocycles. The number of ketones is 4. The first-order chi connectivity index (χ1) is 21.2. The van der Waals surface area contributed by atoms with Gasteiger partial charge in [-0.3, -0.25) is 28.5 Å². The summed E-state index contributed by atoms with van der Waals surface area (Å²) in [4.78, 5) is 65.8. The van der Waals surface area contributed by atoms with Gasteiger partial charge in [-0.15, -0.1) is 0 Å². The lowest BCUT2D eigenvalue weighted by atomic mass is 9.50. The summed E-state index contributed by atoms with van der Waals surface area (Å²) in [6.45, 7) is 5.00. The number of fused-ring (bicyclic) bond motifs is 3. The molecule has 0 radical (unpaired) electrons. The van der Waals surface area contributed by atoms with E-state index >= 15 is 0 Å². The van der Waals surface area contributed by atoms with Crippen molar-refractivity contribution in [3.05, 3.63) is 59.2 Å². The summed E-state index contributed by atoms with van der Waals surface area (Å²) in [5.74, 6) is -15.1. The molecule has 45 heavy (non-hydrogen) atoms. The highest BCUT2D eigenvalue weighted by Crippen LogP contribution is 2.62. The third-order valence-corrected chi connectivity index (χ3v) is 11.5. The van der Waals surface area contributed by atoms with Crippen LogP contribution in [-0.2, 0) is 32.8 Å². The van der Waals surface area contributed by atoms with Gasteiger partial charge in [0.15, 0.2) is 40.4 Å². The van der Waals surface area contributed by atoms with Crippen LogP contribution in [0.15, 0.2) is 42.5 Å². The number of nitrogens with two attached hydrogens (primary N) is 1. The van der Waals surface area contributed by atoms with Crippen molar-refractivity contribution >= 4 is 42.3 Å². The minimum atomic E-state index is -3.92. The number of Topliss-reactive ketones (excluding diaryl/α,β-unsaturated/α-hetero) is 4. The molecule has 2 saturated carbocycles. The van der Waals surface area contributed by atoms with Crippen LogP contribution >= 0.6 is 7.60 Å². The van der Waals surface area contributed by atoms with Crippen molar-refractivity contribution in [3.63, 3.8) is 0 Å². The van der Waals surface area contributed by atoms with Gasteiger partial charge in [-0.2, -0.15) is 0 Å². The summed E-state index contributed by atoms with van der Waals surface area (Å²) in [7, 11) is -3.92. The molecule has 3 aliphatic carbocycles. The van der Waals surface area contributed by atoms with Crippen LogP contribution < -0.4 is 11.1 Å². The normalized spacial score (nSPS) is 30.2. The van der Waals surface area contributed by atoms with Gasteiger partial charge in [0.2, 0.25) is 5.91 Å². The van der Waals surface area contributed by atoms with Gasteiger partial charge in [0.1, 0.15) is 5.75 Å². The SMILES string of the molecule is CCOP(=O)(OCC)C(Nc1ccc2c(c1O)C(=O)C1C(=O)[C@]3(O)C(=O)C(C(N)=O)C(=O)C[C@@H]3[C@@H](O)[C@@H]1[C@H]2C)c1ccccc1. The van der Waals surface area contributed by atoms with Gasteiger partial charge < -0.3 is 35.4 Å². The Kier molecular flexibility index (Phi) is 8.62. The first kappa shape index (κ1) is 32.6. The zero-order chi connectivity index (χ0) is 33.0. The molecule has 2 fully saturated rings. The number of anilines is 1. The van der Waals surface area contributed by atoms with Crippen molar-refractivity contribution in [3.8, 4) is 5.75 Å². The number of aliphatic hydroxyl groups is 2. The van der Waals surface area contributed by atoms with Crippen LogP contribution in [0.25, 0.3) is 0 Å². The summed E-state index contributed by atoms with van der Waals surface area (Å²) in [5, 5.41) is 37.4. The summed E-state index contributed by atoms with van der Waals surface area (Å²) in [5.41, 5.74) is 2.64. The summed E-state index contributed by atoms with van der Waals surface area (Å²) in [6.07, 6.45) is -2.34. The number of phenolic OH excluding ortho intramolecular Hbond substituents is 1. The number of aliphatic hydroxyl groups excluding tert-OH is 1. The van der Waals surface area contributed by atoms with Crippen LogP contribution in [0.3, 0.4) is 0 Å². The Balaban J connectivity index is 1.60. The van der Waals surface area contributed by atoms with Crippen LogP contribution in [0.2, 0.25) is 0 Å². The number of aromatic hydroxyl groups is 1. The van der Waals surface area contributed by atoms with Crippen LogP contribution in [0.1, 0.15) is 60.4 Å². The largest absolute Gasteiger partial charge is 0.505 e. The minimum Gasteiger partial charge on any atom is -0.505 e. The van der Waals surface area contributed by atoms with Gasteiger partial charge in [-0.1, -0.05) is 43.3 Å². The van der Waals surface area contributed by atoms with Gasteiger partial charge >= 0.3 is 7.60 Å². The topological polar surface area (TPSA) is 220 Å². The van der Waals surface area contributed by atoms with Crippen molar-refractivity contribution in [1.29, 1.82) is 0 Å². The number of amides is 1. The number of carbonyl (C=O) groups excluding carboxylic acids is 5. The first-order valence-electron chi connectivity index (χ1n) is 14.7. The number of nitrogens with one attached hydrogen (secondary N) is 1.